The quantitative estimate of drug-likeness (QED) is 0.662. The Hall–Kier alpha value is -2.50. The first-order valence-electron chi connectivity index (χ1n) is 7.39. The highest BCUT2D eigenvalue weighted by Gasteiger charge is 2.05. The maximum Gasteiger partial charge on any atom is 0.268 e. The Kier molecular flexibility index (Phi) is 4.97. The van der Waals surface area contributed by atoms with Crippen molar-refractivity contribution < 1.29 is 9.18 Å². The first-order valence-corrected chi connectivity index (χ1v) is 8.58. The minimum Gasteiger partial charge on any atom is -0.302 e. The van der Waals surface area contributed by atoms with Crippen molar-refractivity contribution in [3.05, 3.63) is 90.0 Å². The van der Waals surface area contributed by atoms with E-state index in [1.54, 1.807) is 49.5 Å². The number of hydrogen-bond acceptors (Lipinski definition) is 3. The lowest BCUT2D eigenvalue weighted by molar-refractivity contribution is 0.106. The highest BCUT2D eigenvalue weighted by atomic mass is 35.5. The van der Waals surface area contributed by atoms with Crippen LogP contribution in [0.5, 0.6) is 0 Å². The monoisotopic (exact) mass is 373 g/mol. The van der Waals surface area contributed by atoms with Crippen LogP contribution in [0.3, 0.4) is 0 Å². The summed E-state index contributed by atoms with van der Waals surface area (Å²) >= 11 is 7.03. The van der Waals surface area contributed by atoms with Gasteiger partial charge in [-0.15, -0.1) is 11.3 Å². The number of Topliss-reactive ketones (excluding diaryl/α,β-unsaturated/α-hetero) is 1. The van der Waals surface area contributed by atoms with Crippen molar-refractivity contribution >= 4 is 40.9 Å². The molecule has 0 bridgehead atoms. The number of halogens is 2. The van der Waals surface area contributed by atoms with Gasteiger partial charge in [-0.1, -0.05) is 23.7 Å². The van der Waals surface area contributed by atoms with Gasteiger partial charge in [0.15, 0.2) is 5.78 Å². The van der Waals surface area contributed by atoms with Crippen LogP contribution in [0, 0.1) is 5.82 Å². The van der Waals surface area contributed by atoms with Crippen molar-refractivity contribution in [1.29, 1.82) is 0 Å². The number of rotatable bonds is 3. The van der Waals surface area contributed by atoms with Gasteiger partial charge in [0.05, 0.1) is 4.53 Å². The molecule has 6 heteroatoms. The van der Waals surface area contributed by atoms with Gasteiger partial charge in [-0.2, -0.15) is 0 Å². The van der Waals surface area contributed by atoms with E-state index in [0.717, 1.165) is 5.56 Å². The van der Waals surface area contributed by atoms with E-state index in [9.17, 15) is 14.0 Å². The summed E-state index contributed by atoms with van der Waals surface area (Å²) < 4.78 is 15.4. The van der Waals surface area contributed by atoms with Crippen LogP contribution >= 0.6 is 22.9 Å². The lowest BCUT2D eigenvalue weighted by Crippen LogP contribution is -2.29. The summed E-state index contributed by atoms with van der Waals surface area (Å²) in [4.78, 5) is 24.7. The molecule has 3 rings (SSSR count). The van der Waals surface area contributed by atoms with Gasteiger partial charge in [-0.05, 0) is 48.0 Å². The van der Waals surface area contributed by atoms with Crippen LogP contribution in [-0.4, -0.2) is 10.4 Å². The van der Waals surface area contributed by atoms with Gasteiger partial charge in [0.2, 0.25) is 0 Å². The Labute approximate surface area is 151 Å². The molecule has 0 aliphatic rings. The second-order valence-electron chi connectivity index (χ2n) is 5.38. The van der Waals surface area contributed by atoms with Crippen LogP contribution < -0.4 is 14.8 Å². The van der Waals surface area contributed by atoms with E-state index in [-0.39, 0.29) is 17.2 Å². The van der Waals surface area contributed by atoms with E-state index in [0.29, 0.717) is 19.8 Å². The van der Waals surface area contributed by atoms with Crippen molar-refractivity contribution in [3.8, 4) is 0 Å². The summed E-state index contributed by atoms with van der Waals surface area (Å²) in [5.41, 5.74) is 1.01. The highest BCUT2D eigenvalue weighted by Crippen LogP contribution is 2.10. The van der Waals surface area contributed by atoms with Crippen molar-refractivity contribution in [1.82, 2.24) is 4.57 Å². The zero-order valence-electron chi connectivity index (χ0n) is 13.2. The van der Waals surface area contributed by atoms with E-state index in [1.807, 2.05) is 0 Å². The molecular weight excluding hydrogens is 361 g/mol. The molecule has 0 radical (unpaired) electrons. The maximum absolute atomic E-state index is 13.0. The SMILES string of the molecule is Cn1c(=O)/c(=C/c2ccc(F)cc2)s/c1=C\C(=O)c1ccc(Cl)cc1. The summed E-state index contributed by atoms with van der Waals surface area (Å²) in [6.07, 6.45) is 3.11. The van der Waals surface area contributed by atoms with Crippen molar-refractivity contribution in [2.45, 2.75) is 0 Å². The number of aromatic nitrogens is 1. The first kappa shape index (κ1) is 17.3. The van der Waals surface area contributed by atoms with E-state index in [4.69, 9.17) is 11.6 Å². The fourth-order valence-electron chi connectivity index (χ4n) is 2.23. The molecule has 0 saturated carbocycles. The zero-order chi connectivity index (χ0) is 18.0. The third kappa shape index (κ3) is 3.95. The Bertz CT molecular complexity index is 1100. The molecule has 25 heavy (non-hydrogen) atoms. The molecule has 0 saturated heterocycles. The molecule has 1 aromatic heterocycles. The highest BCUT2D eigenvalue weighted by molar-refractivity contribution is 7.07. The summed E-state index contributed by atoms with van der Waals surface area (Å²) in [5, 5.41) is 0.552. The topological polar surface area (TPSA) is 39.1 Å². The van der Waals surface area contributed by atoms with Gasteiger partial charge in [0.25, 0.3) is 5.56 Å². The second kappa shape index (κ2) is 7.17. The summed E-state index contributed by atoms with van der Waals surface area (Å²) in [7, 11) is 1.61. The molecule has 1 heterocycles. The Morgan fingerprint density at radius 3 is 2.40 bits per heavy atom. The molecule has 126 valence electrons. The zero-order valence-corrected chi connectivity index (χ0v) is 14.8. The second-order valence-corrected chi connectivity index (χ2v) is 6.88. The Morgan fingerprint density at radius 1 is 1.12 bits per heavy atom. The molecule has 3 nitrogen and oxygen atoms in total. The minimum absolute atomic E-state index is 0.204. The van der Waals surface area contributed by atoms with Gasteiger partial charge >= 0.3 is 0 Å². The van der Waals surface area contributed by atoms with Gasteiger partial charge in [0.1, 0.15) is 10.5 Å². The van der Waals surface area contributed by atoms with Gasteiger partial charge < -0.3 is 4.57 Å². The van der Waals surface area contributed by atoms with Gasteiger partial charge in [0, 0.05) is 23.7 Å². The molecule has 0 aliphatic carbocycles. The van der Waals surface area contributed by atoms with E-state index in [2.05, 4.69) is 0 Å². The van der Waals surface area contributed by atoms with Crippen LogP contribution in [0.4, 0.5) is 4.39 Å². The molecule has 0 aliphatic heterocycles. The van der Waals surface area contributed by atoms with Crippen molar-refractivity contribution in [3.63, 3.8) is 0 Å². The van der Waals surface area contributed by atoms with Crippen LogP contribution in [-0.2, 0) is 7.05 Å². The first-order chi connectivity index (χ1) is 11.9. The summed E-state index contributed by atoms with van der Waals surface area (Å²) in [6, 6.07) is 12.4. The van der Waals surface area contributed by atoms with Crippen LogP contribution in [0.25, 0.3) is 12.2 Å². The predicted octanol–water partition coefficient (Wildman–Crippen LogP) is 2.73. The molecule has 3 aromatic rings. The summed E-state index contributed by atoms with van der Waals surface area (Å²) in [6.45, 7) is 0. The number of thiazole rings is 1. The minimum atomic E-state index is -0.334. The predicted molar refractivity (Wildman–Crippen MR) is 99.0 cm³/mol. The molecular formula is C19H13ClFNO2S. The smallest absolute Gasteiger partial charge is 0.268 e. The molecule has 0 unspecified atom stereocenters. The number of nitrogens with zero attached hydrogens (tertiary/aromatic N) is 1. The molecule has 0 spiro atoms. The van der Waals surface area contributed by atoms with Crippen molar-refractivity contribution in [2.24, 2.45) is 7.05 Å². The third-order valence-corrected chi connectivity index (χ3v) is 4.98. The van der Waals surface area contributed by atoms with Gasteiger partial charge in [-0.25, -0.2) is 4.39 Å². The average Bonchev–Trinajstić information content (AvgIpc) is 2.85. The number of hydrogen-bond donors (Lipinski definition) is 0. The van der Waals surface area contributed by atoms with Gasteiger partial charge in [-0.3, -0.25) is 9.59 Å². The summed E-state index contributed by atoms with van der Waals surface area (Å²) in [5.74, 6) is -0.541. The fourth-order valence-corrected chi connectivity index (χ4v) is 3.38. The largest absolute Gasteiger partial charge is 0.302 e. The van der Waals surface area contributed by atoms with Crippen LogP contribution in [0.1, 0.15) is 15.9 Å². The Balaban J connectivity index is 2.04. The molecule has 0 N–H and O–H groups in total. The maximum atomic E-state index is 13.0. The normalized spacial score (nSPS) is 12.6. The number of ketones is 1. The molecule has 2 aromatic carbocycles. The molecule has 0 atom stereocenters. The fraction of sp³-hybridized carbons (Fsp3) is 0.0526. The number of benzene rings is 2. The average molecular weight is 374 g/mol. The van der Waals surface area contributed by atoms with E-state index < -0.39 is 0 Å². The van der Waals surface area contributed by atoms with E-state index in [1.165, 1.54) is 34.1 Å². The lowest BCUT2D eigenvalue weighted by Gasteiger charge is -1.95. The standard InChI is InChI=1S/C19H13ClFNO2S/c1-22-18(11-16(23)13-4-6-14(20)7-5-13)25-17(19(22)24)10-12-2-8-15(21)9-3-12/h2-11H,1H3/b17-10-,18-11-. The van der Waals surface area contributed by atoms with Crippen LogP contribution in [0.15, 0.2) is 53.3 Å². The number of carbonyl (C=O) groups is 1. The van der Waals surface area contributed by atoms with Crippen LogP contribution in [0.2, 0.25) is 5.02 Å². The Morgan fingerprint density at radius 2 is 1.76 bits per heavy atom. The molecule has 0 amide bonds. The number of carbonyl (C=O) groups excluding carboxylic acids is 1. The van der Waals surface area contributed by atoms with Crippen molar-refractivity contribution in [2.75, 3.05) is 0 Å². The molecule has 0 fully saturated rings. The van der Waals surface area contributed by atoms with E-state index >= 15 is 0 Å². The lowest BCUT2D eigenvalue weighted by atomic mass is 10.1. The third-order valence-electron chi connectivity index (χ3n) is 3.61.